The lowest BCUT2D eigenvalue weighted by atomic mass is 10.1. The van der Waals surface area contributed by atoms with Crippen molar-refractivity contribution in [1.82, 2.24) is 19.9 Å². The number of hydrogen-bond donors (Lipinski definition) is 0. The van der Waals surface area contributed by atoms with E-state index < -0.39 is 0 Å². The van der Waals surface area contributed by atoms with Crippen LogP contribution in [0, 0.1) is 0 Å². The van der Waals surface area contributed by atoms with Gasteiger partial charge in [-0.05, 0) is 49.6 Å². The molecule has 6 nitrogen and oxygen atoms in total. The summed E-state index contributed by atoms with van der Waals surface area (Å²) >= 11 is 0. The van der Waals surface area contributed by atoms with Gasteiger partial charge in [-0.25, -0.2) is 4.68 Å². The van der Waals surface area contributed by atoms with E-state index in [0.717, 1.165) is 30.7 Å². The number of aryl methyl sites for hydroxylation is 1. The van der Waals surface area contributed by atoms with Gasteiger partial charge in [-0.1, -0.05) is 23.4 Å². The summed E-state index contributed by atoms with van der Waals surface area (Å²) in [6.45, 7) is 5.57. The van der Waals surface area contributed by atoms with E-state index in [9.17, 15) is 4.79 Å². The largest absolute Gasteiger partial charge is 0.371 e. The van der Waals surface area contributed by atoms with Crippen molar-refractivity contribution in [1.29, 1.82) is 0 Å². The molecule has 0 bridgehead atoms. The summed E-state index contributed by atoms with van der Waals surface area (Å²) in [4.78, 5) is 17.2. The van der Waals surface area contributed by atoms with E-state index in [0.29, 0.717) is 12.1 Å². The Morgan fingerprint density at radius 3 is 2.70 bits per heavy atom. The minimum atomic E-state index is -0.000765. The highest BCUT2D eigenvalue weighted by Gasteiger charge is 2.19. The van der Waals surface area contributed by atoms with E-state index in [1.54, 1.807) is 4.90 Å². The van der Waals surface area contributed by atoms with E-state index in [-0.39, 0.29) is 5.91 Å². The fourth-order valence-corrected chi connectivity index (χ4v) is 3.80. The van der Waals surface area contributed by atoms with Gasteiger partial charge in [0.15, 0.2) is 0 Å². The van der Waals surface area contributed by atoms with Gasteiger partial charge < -0.3 is 9.80 Å². The molecule has 6 heteroatoms. The average molecular weight is 363 g/mol. The lowest BCUT2D eigenvalue weighted by molar-refractivity contribution is 0.0785. The van der Waals surface area contributed by atoms with Gasteiger partial charge in [0, 0.05) is 44.5 Å². The van der Waals surface area contributed by atoms with Crippen LogP contribution in [0.3, 0.4) is 0 Å². The van der Waals surface area contributed by atoms with E-state index in [1.165, 1.54) is 24.1 Å². The molecule has 4 rings (SSSR count). The van der Waals surface area contributed by atoms with Crippen molar-refractivity contribution in [2.75, 3.05) is 25.0 Å². The SMILES string of the molecule is CCn1nnc2cc(C(=O)N(C)Cc3ccccc3N3CCCC3)ccc21. The first-order valence-corrected chi connectivity index (χ1v) is 9.59. The molecule has 2 aromatic carbocycles. The maximum Gasteiger partial charge on any atom is 0.253 e. The Labute approximate surface area is 159 Å². The third kappa shape index (κ3) is 3.39. The molecule has 0 radical (unpaired) electrons. The topological polar surface area (TPSA) is 54.3 Å². The Balaban J connectivity index is 1.55. The van der Waals surface area contributed by atoms with Gasteiger partial charge in [0.2, 0.25) is 0 Å². The minimum absolute atomic E-state index is 0.000765. The predicted octanol–water partition coefficient (Wildman–Crippen LogP) is 3.32. The molecule has 0 saturated carbocycles. The highest BCUT2D eigenvalue weighted by Crippen LogP contribution is 2.26. The maximum atomic E-state index is 13.0. The van der Waals surface area contributed by atoms with Gasteiger partial charge in [-0.15, -0.1) is 5.10 Å². The van der Waals surface area contributed by atoms with Crippen LogP contribution < -0.4 is 4.90 Å². The lowest BCUT2D eigenvalue weighted by Crippen LogP contribution is -2.28. The molecule has 1 aliphatic rings. The summed E-state index contributed by atoms with van der Waals surface area (Å²) < 4.78 is 1.83. The summed E-state index contributed by atoms with van der Waals surface area (Å²) in [5.41, 5.74) is 4.79. The maximum absolute atomic E-state index is 13.0. The van der Waals surface area contributed by atoms with Crippen LogP contribution in [0.25, 0.3) is 11.0 Å². The Hall–Kier alpha value is -2.89. The molecule has 0 spiro atoms. The average Bonchev–Trinajstić information content (AvgIpc) is 3.37. The summed E-state index contributed by atoms with van der Waals surface area (Å²) in [6.07, 6.45) is 2.48. The van der Waals surface area contributed by atoms with Crippen LogP contribution in [0.15, 0.2) is 42.5 Å². The molecule has 1 aliphatic heterocycles. The third-order valence-corrected chi connectivity index (χ3v) is 5.25. The van der Waals surface area contributed by atoms with E-state index in [1.807, 2.05) is 42.9 Å². The fraction of sp³-hybridized carbons (Fsp3) is 0.381. The molecule has 0 aliphatic carbocycles. The highest BCUT2D eigenvalue weighted by atomic mass is 16.2. The number of amides is 1. The molecule has 27 heavy (non-hydrogen) atoms. The molecule has 2 heterocycles. The van der Waals surface area contributed by atoms with Crippen LogP contribution in [0.5, 0.6) is 0 Å². The van der Waals surface area contributed by atoms with Gasteiger partial charge in [0.05, 0.1) is 5.52 Å². The number of fused-ring (bicyclic) bond motifs is 1. The first kappa shape index (κ1) is 17.5. The van der Waals surface area contributed by atoms with Crippen LogP contribution in [-0.2, 0) is 13.1 Å². The number of benzene rings is 2. The van der Waals surface area contributed by atoms with Gasteiger partial charge >= 0.3 is 0 Å². The molecule has 0 atom stereocenters. The van der Waals surface area contributed by atoms with Crippen molar-refractivity contribution in [3.05, 3.63) is 53.6 Å². The number of aromatic nitrogens is 3. The molecule has 0 N–H and O–H groups in total. The molecule has 0 unspecified atom stereocenters. The van der Waals surface area contributed by atoms with Gasteiger partial charge in [0.25, 0.3) is 5.91 Å². The second-order valence-electron chi connectivity index (χ2n) is 7.09. The van der Waals surface area contributed by atoms with Crippen molar-refractivity contribution >= 4 is 22.6 Å². The minimum Gasteiger partial charge on any atom is -0.371 e. The number of anilines is 1. The second-order valence-corrected chi connectivity index (χ2v) is 7.09. The molecule has 1 amide bonds. The van der Waals surface area contributed by atoms with Gasteiger partial charge in [-0.3, -0.25) is 4.79 Å². The number of carbonyl (C=O) groups excluding carboxylic acids is 1. The number of hydrogen-bond acceptors (Lipinski definition) is 4. The number of carbonyl (C=O) groups is 1. The standard InChI is InChI=1S/C21H25N5O/c1-3-26-20-11-10-16(14-18(20)22-23-26)21(27)24(2)15-17-8-4-5-9-19(17)25-12-6-7-13-25/h4-5,8-11,14H,3,6-7,12-13,15H2,1-2H3. The summed E-state index contributed by atoms with van der Waals surface area (Å²) in [5, 5.41) is 8.30. The zero-order valence-corrected chi connectivity index (χ0v) is 15.9. The van der Waals surface area contributed by atoms with Gasteiger partial charge in [0.1, 0.15) is 5.52 Å². The Kier molecular flexibility index (Phi) is 4.79. The Morgan fingerprint density at radius 1 is 1.15 bits per heavy atom. The first-order valence-electron chi connectivity index (χ1n) is 9.59. The molecule has 1 saturated heterocycles. The summed E-state index contributed by atoms with van der Waals surface area (Å²) in [6, 6.07) is 14.0. The Morgan fingerprint density at radius 2 is 1.93 bits per heavy atom. The molecule has 140 valence electrons. The zero-order valence-electron chi connectivity index (χ0n) is 15.9. The van der Waals surface area contributed by atoms with E-state index in [2.05, 4.69) is 33.4 Å². The van der Waals surface area contributed by atoms with Crippen LogP contribution >= 0.6 is 0 Å². The van der Waals surface area contributed by atoms with Crippen molar-refractivity contribution in [3.8, 4) is 0 Å². The fourth-order valence-electron chi connectivity index (χ4n) is 3.80. The van der Waals surface area contributed by atoms with Crippen LogP contribution in [0.4, 0.5) is 5.69 Å². The molecule has 1 aromatic heterocycles. The molecule has 3 aromatic rings. The lowest BCUT2D eigenvalue weighted by Gasteiger charge is -2.24. The van der Waals surface area contributed by atoms with Crippen LogP contribution in [0.1, 0.15) is 35.7 Å². The predicted molar refractivity (Wildman–Crippen MR) is 107 cm³/mol. The van der Waals surface area contributed by atoms with Crippen molar-refractivity contribution < 1.29 is 4.79 Å². The molecular weight excluding hydrogens is 338 g/mol. The molecule has 1 fully saturated rings. The third-order valence-electron chi connectivity index (χ3n) is 5.25. The van der Waals surface area contributed by atoms with Crippen LogP contribution in [-0.4, -0.2) is 45.9 Å². The first-order chi connectivity index (χ1) is 13.2. The zero-order chi connectivity index (χ0) is 18.8. The molecular formula is C21H25N5O. The monoisotopic (exact) mass is 363 g/mol. The summed E-state index contributed by atoms with van der Waals surface area (Å²) in [7, 11) is 1.86. The number of nitrogens with zero attached hydrogens (tertiary/aromatic N) is 5. The van der Waals surface area contributed by atoms with E-state index >= 15 is 0 Å². The van der Waals surface area contributed by atoms with E-state index in [4.69, 9.17) is 0 Å². The second kappa shape index (κ2) is 7.39. The number of para-hydroxylation sites is 1. The Bertz CT molecular complexity index is 958. The quantitative estimate of drug-likeness (QED) is 0.698. The summed E-state index contributed by atoms with van der Waals surface area (Å²) in [5.74, 6) is -0.000765. The van der Waals surface area contributed by atoms with Crippen molar-refractivity contribution in [2.45, 2.75) is 32.9 Å². The van der Waals surface area contributed by atoms with Gasteiger partial charge in [-0.2, -0.15) is 0 Å². The number of rotatable bonds is 5. The van der Waals surface area contributed by atoms with Crippen LogP contribution in [0.2, 0.25) is 0 Å². The van der Waals surface area contributed by atoms with Crippen molar-refractivity contribution in [2.24, 2.45) is 0 Å². The van der Waals surface area contributed by atoms with Crippen molar-refractivity contribution in [3.63, 3.8) is 0 Å². The highest BCUT2D eigenvalue weighted by molar-refractivity contribution is 5.97. The smallest absolute Gasteiger partial charge is 0.253 e. The normalized spacial score (nSPS) is 14.1.